The second kappa shape index (κ2) is 3.99. The second-order valence-electron chi connectivity index (χ2n) is 3.84. The largest absolute Gasteiger partial charge is 0.254 e. The van der Waals surface area contributed by atoms with Crippen LogP contribution in [0.3, 0.4) is 0 Å². The molecule has 1 aromatic carbocycles. The third-order valence-electron chi connectivity index (χ3n) is 2.38. The van der Waals surface area contributed by atoms with Gasteiger partial charge in [-0.15, -0.1) is 0 Å². The number of hydrogen-bond donors (Lipinski definition) is 0. The van der Waals surface area contributed by atoms with Gasteiger partial charge in [-0.2, -0.15) is 0 Å². The maximum Gasteiger partial charge on any atom is 0.0752 e. The minimum atomic E-state index is 0.356. The smallest absolute Gasteiger partial charge is 0.0752 e. The Morgan fingerprint density at radius 1 is 1.20 bits per heavy atom. The number of nitrogens with zero attached hydrogens (tertiary/aromatic N) is 1. The Hall–Kier alpha value is -0.790. The molecule has 0 atom stereocenters. The molecule has 1 nitrogen and oxygen atoms in total. The van der Waals surface area contributed by atoms with Crippen molar-refractivity contribution in [2.45, 2.75) is 19.8 Å². The average molecular weight is 240 g/mol. The van der Waals surface area contributed by atoms with E-state index >= 15 is 0 Å². The third kappa shape index (κ3) is 1.95. The Bertz CT molecular complexity index is 506. The summed E-state index contributed by atoms with van der Waals surface area (Å²) in [5.41, 5.74) is 2.03. The highest BCUT2D eigenvalue weighted by Crippen LogP contribution is 2.31. The minimum Gasteiger partial charge on any atom is -0.254 e. The van der Waals surface area contributed by atoms with E-state index in [1.807, 2.05) is 18.2 Å². The molecule has 0 radical (unpaired) electrons. The molecule has 2 aromatic rings. The van der Waals surface area contributed by atoms with E-state index in [1.54, 1.807) is 6.20 Å². The Kier molecular flexibility index (Phi) is 2.85. The number of pyridine rings is 1. The summed E-state index contributed by atoms with van der Waals surface area (Å²) in [7, 11) is 0. The zero-order valence-electron chi connectivity index (χ0n) is 8.59. The molecule has 0 aliphatic rings. The molecule has 0 spiro atoms. The van der Waals surface area contributed by atoms with Gasteiger partial charge in [-0.25, -0.2) is 0 Å². The lowest BCUT2D eigenvalue weighted by Crippen LogP contribution is -1.93. The van der Waals surface area contributed by atoms with Crippen LogP contribution >= 0.6 is 23.2 Å². The normalized spacial score (nSPS) is 11.3. The molecule has 15 heavy (non-hydrogen) atoms. The summed E-state index contributed by atoms with van der Waals surface area (Å²) in [6.07, 6.45) is 1.66. The molecular weight excluding hydrogens is 229 g/mol. The summed E-state index contributed by atoms with van der Waals surface area (Å²) in [6.45, 7) is 4.22. The quantitative estimate of drug-likeness (QED) is 0.706. The maximum atomic E-state index is 6.17. The van der Waals surface area contributed by atoms with E-state index in [2.05, 4.69) is 18.8 Å². The van der Waals surface area contributed by atoms with Crippen molar-refractivity contribution in [3.63, 3.8) is 0 Å². The number of benzene rings is 1. The zero-order chi connectivity index (χ0) is 11.0. The highest BCUT2D eigenvalue weighted by Gasteiger charge is 2.11. The summed E-state index contributed by atoms with van der Waals surface area (Å²) in [6, 6.07) is 5.76. The van der Waals surface area contributed by atoms with E-state index in [0.717, 1.165) is 21.5 Å². The van der Waals surface area contributed by atoms with Crippen molar-refractivity contribution in [1.29, 1.82) is 0 Å². The molecule has 1 heterocycles. The van der Waals surface area contributed by atoms with Gasteiger partial charge < -0.3 is 0 Å². The predicted molar refractivity (Wildman–Crippen MR) is 65.9 cm³/mol. The molecule has 0 aliphatic heterocycles. The fourth-order valence-electron chi connectivity index (χ4n) is 1.72. The van der Waals surface area contributed by atoms with Crippen LogP contribution in [0.25, 0.3) is 10.9 Å². The second-order valence-corrected chi connectivity index (χ2v) is 4.68. The van der Waals surface area contributed by atoms with Gasteiger partial charge in [-0.3, -0.25) is 4.98 Å². The van der Waals surface area contributed by atoms with Crippen molar-refractivity contribution < 1.29 is 0 Å². The standard InChI is InChI=1S/C12H11Cl2N/c1-7(2)11-10(14)4-3-8-5-9(13)6-15-12(8)11/h3-7H,1-2H3. The summed E-state index contributed by atoms with van der Waals surface area (Å²) in [5, 5.41) is 2.46. The van der Waals surface area contributed by atoms with Crippen LogP contribution < -0.4 is 0 Å². The summed E-state index contributed by atoms with van der Waals surface area (Å²) < 4.78 is 0. The first-order chi connectivity index (χ1) is 7.09. The van der Waals surface area contributed by atoms with Crippen molar-refractivity contribution in [1.82, 2.24) is 4.98 Å². The van der Waals surface area contributed by atoms with Gasteiger partial charge in [0.25, 0.3) is 0 Å². The molecule has 0 bridgehead atoms. The van der Waals surface area contributed by atoms with Crippen molar-refractivity contribution in [2.75, 3.05) is 0 Å². The van der Waals surface area contributed by atoms with Gasteiger partial charge in [0.15, 0.2) is 0 Å². The molecule has 0 saturated carbocycles. The summed E-state index contributed by atoms with van der Waals surface area (Å²) >= 11 is 12.1. The molecule has 1 aromatic heterocycles. The average Bonchev–Trinajstić information content (AvgIpc) is 2.17. The Balaban J connectivity index is 2.82. The van der Waals surface area contributed by atoms with Crippen molar-refractivity contribution in [2.24, 2.45) is 0 Å². The van der Waals surface area contributed by atoms with Gasteiger partial charge >= 0.3 is 0 Å². The monoisotopic (exact) mass is 239 g/mol. The van der Waals surface area contributed by atoms with Crippen LogP contribution in [0.5, 0.6) is 0 Å². The fraction of sp³-hybridized carbons (Fsp3) is 0.250. The van der Waals surface area contributed by atoms with Crippen LogP contribution in [0.2, 0.25) is 10.0 Å². The minimum absolute atomic E-state index is 0.356. The lowest BCUT2D eigenvalue weighted by molar-refractivity contribution is 0.873. The first-order valence-corrected chi connectivity index (χ1v) is 5.59. The van der Waals surface area contributed by atoms with E-state index < -0.39 is 0 Å². The molecule has 0 saturated heterocycles. The van der Waals surface area contributed by atoms with Crippen LogP contribution in [0.1, 0.15) is 25.3 Å². The zero-order valence-corrected chi connectivity index (χ0v) is 10.1. The van der Waals surface area contributed by atoms with E-state index in [9.17, 15) is 0 Å². The van der Waals surface area contributed by atoms with Crippen LogP contribution in [0.4, 0.5) is 0 Å². The molecule has 0 amide bonds. The van der Waals surface area contributed by atoms with Crippen LogP contribution in [0.15, 0.2) is 24.4 Å². The lowest BCUT2D eigenvalue weighted by Gasteiger charge is -2.11. The molecule has 0 N–H and O–H groups in total. The Morgan fingerprint density at radius 3 is 2.60 bits per heavy atom. The molecular formula is C12H11Cl2N. The van der Waals surface area contributed by atoms with Gasteiger partial charge in [0.05, 0.1) is 10.5 Å². The van der Waals surface area contributed by atoms with Crippen molar-refractivity contribution >= 4 is 34.1 Å². The fourth-order valence-corrected chi connectivity index (χ4v) is 2.26. The summed E-state index contributed by atoms with van der Waals surface area (Å²) in [5.74, 6) is 0.356. The highest BCUT2D eigenvalue weighted by molar-refractivity contribution is 6.33. The highest BCUT2D eigenvalue weighted by atomic mass is 35.5. The van der Waals surface area contributed by atoms with Crippen LogP contribution in [-0.2, 0) is 0 Å². The number of halogens is 2. The molecule has 0 aliphatic carbocycles. The van der Waals surface area contributed by atoms with E-state index in [0.29, 0.717) is 10.9 Å². The molecule has 0 fully saturated rings. The Labute approximate surface area is 99.0 Å². The van der Waals surface area contributed by atoms with Gasteiger partial charge in [-0.1, -0.05) is 43.1 Å². The van der Waals surface area contributed by atoms with E-state index in [4.69, 9.17) is 23.2 Å². The van der Waals surface area contributed by atoms with E-state index in [-0.39, 0.29) is 0 Å². The van der Waals surface area contributed by atoms with Gasteiger partial charge in [0.1, 0.15) is 0 Å². The van der Waals surface area contributed by atoms with Crippen molar-refractivity contribution in [3.05, 3.63) is 40.0 Å². The van der Waals surface area contributed by atoms with Crippen LogP contribution in [0, 0.1) is 0 Å². The maximum absolute atomic E-state index is 6.17. The number of aromatic nitrogens is 1. The van der Waals surface area contributed by atoms with E-state index in [1.165, 1.54) is 0 Å². The SMILES string of the molecule is CC(C)c1c(Cl)ccc2cc(Cl)cnc12. The molecule has 0 unspecified atom stereocenters. The van der Waals surface area contributed by atoms with Crippen molar-refractivity contribution in [3.8, 4) is 0 Å². The molecule has 78 valence electrons. The number of fused-ring (bicyclic) bond motifs is 1. The topological polar surface area (TPSA) is 12.9 Å². The number of hydrogen-bond acceptors (Lipinski definition) is 1. The predicted octanol–water partition coefficient (Wildman–Crippen LogP) is 4.67. The Morgan fingerprint density at radius 2 is 1.93 bits per heavy atom. The van der Waals surface area contributed by atoms with Gasteiger partial charge in [0, 0.05) is 16.6 Å². The molecule has 3 heteroatoms. The molecule has 2 rings (SSSR count). The number of rotatable bonds is 1. The van der Waals surface area contributed by atoms with Gasteiger partial charge in [0.2, 0.25) is 0 Å². The third-order valence-corrected chi connectivity index (χ3v) is 2.92. The first kappa shape index (κ1) is 10.7. The first-order valence-electron chi connectivity index (χ1n) is 4.83. The van der Waals surface area contributed by atoms with Gasteiger partial charge in [-0.05, 0) is 23.6 Å². The summed E-state index contributed by atoms with van der Waals surface area (Å²) in [4.78, 5) is 4.35. The lowest BCUT2D eigenvalue weighted by atomic mass is 10.00. The van der Waals surface area contributed by atoms with Crippen LogP contribution in [-0.4, -0.2) is 4.98 Å².